The standard InChI is InChI=1S/C20H29NO5S/c1-13-5-3-4-6-14(2)9-18(22)25-16-10-15(8-7-13)26-20(24,11-16)17-12-27-19(23)21-17/h3,5,9,13,15-17,24H,4,6-8,10-12H2,1-2H3,(H,21,23)/b5-3+,14-9-/t13-,15?,16-,17+,20-/m1/s1. The van der Waals surface area contributed by atoms with Crippen LogP contribution in [0.4, 0.5) is 4.79 Å². The highest BCUT2D eigenvalue weighted by atomic mass is 32.2. The zero-order valence-electron chi connectivity index (χ0n) is 16.0. The lowest BCUT2D eigenvalue weighted by atomic mass is 9.90. The number of nitrogens with one attached hydrogen (secondary N) is 1. The molecule has 0 aromatic carbocycles. The van der Waals surface area contributed by atoms with Crippen molar-refractivity contribution in [3.05, 3.63) is 23.8 Å². The van der Waals surface area contributed by atoms with Crippen LogP contribution in [0.25, 0.3) is 0 Å². The fourth-order valence-corrected chi connectivity index (χ4v) is 4.75. The maximum absolute atomic E-state index is 12.3. The largest absolute Gasteiger partial charge is 0.459 e. The number of hydrogen-bond donors (Lipinski definition) is 2. The summed E-state index contributed by atoms with van der Waals surface area (Å²) in [6.45, 7) is 4.10. The first kappa shape index (κ1) is 20.4. The van der Waals surface area contributed by atoms with Gasteiger partial charge in [0.1, 0.15) is 6.10 Å². The summed E-state index contributed by atoms with van der Waals surface area (Å²) in [6, 6.07) is -0.493. The molecule has 2 N–H and O–H groups in total. The number of amides is 1. The number of carbonyl (C=O) groups excluding carboxylic acids is 2. The molecule has 6 nitrogen and oxygen atoms in total. The van der Waals surface area contributed by atoms with Crippen LogP contribution in [0.3, 0.4) is 0 Å². The topological polar surface area (TPSA) is 84.9 Å². The van der Waals surface area contributed by atoms with Gasteiger partial charge in [-0.05, 0) is 38.5 Å². The molecule has 3 heterocycles. The van der Waals surface area contributed by atoms with Gasteiger partial charge in [-0.2, -0.15) is 0 Å². The van der Waals surface area contributed by atoms with E-state index >= 15 is 0 Å². The summed E-state index contributed by atoms with van der Waals surface area (Å²) in [5, 5.41) is 13.7. The van der Waals surface area contributed by atoms with Crippen LogP contribution < -0.4 is 5.32 Å². The van der Waals surface area contributed by atoms with Crippen LogP contribution >= 0.6 is 11.8 Å². The first-order chi connectivity index (χ1) is 12.8. The molecule has 0 radical (unpaired) electrons. The number of carbonyl (C=O) groups is 2. The second-order valence-corrected chi connectivity index (χ2v) is 8.88. The number of aliphatic hydroxyl groups is 1. The lowest BCUT2D eigenvalue weighted by molar-refractivity contribution is -0.283. The molecule has 0 aromatic rings. The highest BCUT2D eigenvalue weighted by Crippen LogP contribution is 2.37. The Labute approximate surface area is 164 Å². The number of rotatable bonds is 1. The quantitative estimate of drug-likeness (QED) is 0.523. The van der Waals surface area contributed by atoms with Gasteiger partial charge in [-0.1, -0.05) is 36.4 Å². The third-order valence-electron chi connectivity index (χ3n) is 5.40. The molecule has 2 saturated heterocycles. The van der Waals surface area contributed by atoms with E-state index in [1.54, 1.807) is 6.08 Å². The first-order valence-corrected chi connectivity index (χ1v) is 10.7. The Morgan fingerprint density at radius 3 is 2.85 bits per heavy atom. The maximum atomic E-state index is 12.3. The number of esters is 1. The minimum Gasteiger partial charge on any atom is -0.459 e. The second-order valence-electron chi connectivity index (χ2n) is 7.89. The van der Waals surface area contributed by atoms with Crippen molar-refractivity contribution >= 4 is 23.0 Å². The van der Waals surface area contributed by atoms with Gasteiger partial charge in [0.2, 0.25) is 0 Å². The van der Waals surface area contributed by atoms with Crippen molar-refractivity contribution < 1.29 is 24.2 Å². The number of allylic oxidation sites excluding steroid dienone is 3. The summed E-state index contributed by atoms with van der Waals surface area (Å²) in [6.07, 6.45) is 9.42. The number of hydrogen-bond acceptors (Lipinski definition) is 6. The summed E-state index contributed by atoms with van der Waals surface area (Å²) in [5.74, 6) is -1.03. The molecular formula is C20H29NO5S. The summed E-state index contributed by atoms with van der Waals surface area (Å²) < 4.78 is 11.7. The fraction of sp³-hybridized carbons (Fsp3) is 0.700. The van der Waals surface area contributed by atoms with Crippen LogP contribution in [-0.4, -0.2) is 46.1 Å². The SMILES string of the molecule is C/C1=C/C(=O)O[C@@H]2CC(CC[C@H](C)/C=C/CC1)O[C@@](O)([C@@H]1CSC(=O)N1)C2. The van der Waals surface area contributed by atoms with Crippen LogP contribution in [0.2, 0.25) is 0 Å². The average molecular weight is 396 g/mol. The van der Waals surface area contributed by atoms with Gasteiger partial charge in [0.15, 0.2) is 5.79 Å². The molecule has 0 aliphatic carbocycles. The molecule has 1 unspecified atom stereocenters. The van der Waals surface area contributed by atoms with E-state index in [1.807, 2.05) is 6.92 Å². The number of fused-ring (bicyclic) bond motifs is 2. The van der Waals surface area contributed by atoms with Crippen molar-refractivity contribution in [2.45, 2.75) is 76.4 Å². The first-order valence-electron chi connectivity index (χ1n) is 9.72. The van der Waals surface area contributed by atoms with Gasteiger partial charge in [0.25, 0.3) is 5.24 Å². The van der Waals surface area contributed by atoms with Gasteiger partial charge in [0.05, 0.1) is 12.1 Å². The third kappa shape index (κ3) is 5.59. The Hall–Kier alpha value is -1.31. The highest BCUT2D eigenvalue weighted by molar-refractivity contribution is 8.14. The van der Waals surface area contributed by atoms with E-state index in [9.17, 15) is 14.7 Å². The van der Waals surface area contributed by atoms with Crippen LogP contribution in [0.5, 0.6) is 0 Å². The Kier molecular flexibility index (Phi) is 6.65. The Bertz CT molecular complexity index is 634. The van der Waals surface area contributed by atoms with Gasteiger partial charge in [-0.15, -0.1) is 0 Å². The van der Waals surface area contributed by atoms with Crippen molar-refractivity contribution in [2.24, 2.45) is 5.92 Å². The molecule has 0 saturated carbocycles. The second kappa shape index (κ2) is 8.80. The normalized spacial score (nSPS) is 41.7. The molecule has 27 heavy (non-hydrogen) atoms. The summed E-state index contributed by atoms with van der Waals surface area (Å²) >= 11 is 1.14. The van der Waals surface area contributed by atoms with Crippen LogP contribution in [0.15, 0.2) is 23.8 Å². The lowest BCUT2D eigenvalue weighted by Crippen LogP contribution is -2.58. The third-order valence-corrected chi connectivity index (χ3v) is 6.28. The van der Waals surface area contributed by atoms with Crippen LogP contribution in [0.1, 0.15) is 52.4 Å². The Morgan fingerprint density at radius 2 is 2.11 bits per heavy atom. The molecule has 0 aromatic heterocycles. The van der Waals surface area contributed by atoms with Gasteiger partial charge in [-0.3, -0.25) is 4.79 Å². The zero-order valence-corrected chi connectivity index (χ0v) is 16.8. The van der Waals surface area contributed by atoms with Gasteiger partial charge < -0.3 is 19.9 Å². The van der Waals surface area contributed by atoms with Crippen molar-refractivity contribution in [1.29, 1.82) is 0 Å². The van der Waals surface area contributed by atoms with E-state index in [0.29, 0.717) is 18.1 Å². The summed E-state index contributed by atoms with van der Waals surface area (Å²) in [4.78, 5) is 23.9. The predicted octanol–water partition coefficient (Wildman–Crippen LogP) is 3.30. The van der Waals surface area contributed by atoms with Crippen molar-refractivity contribution in [3.63, 3.8) is 0 Å². The smallest absolute Gasteiger partial charge is 0.330 e. The van der Waals surface area contributed by atoms with Crippen LogP contribution in [0, 0.1) is 5.92 Å². The molecule has 3 aliphatic rings. The Morgan fingerprint density at radius 1 is 1.30 bits per heavy atom. The molecule has 0 spiro atoms. The van der Waals surface area contributed by atoms with Crippen molar-refractivity contribution in [3.8, 4) is 0 Å². The predicted molar refractivity (Wildman–Crippen MR) is 104 cm³/mol. The maximum Gasteiger partial charge on any atom is 0.330 e. The minimum absolute atomic E-state index is 0.160. The minimum atomic E-state index is -1.51. The van der Waals surface area contributed by atoms with E-state index in [1.165, 1.54) is 0 Å². The average Bonchev–Trinajstić information content (AvgIpc) is 3.03. The van der Waals surface area contributed by atoms with Gasteiger partial charge >= 0.3 is 5.97 Å². The fourth-order valence-electron chi connectivity index (χ4n) is 3.86. The molecule has 1 amide bonds. The molecule has 3 rings (SSSR count). The van der Waals surface area contributed by atoms with Crippen molar-refractivity contribution in [1.82, 2.24) is 5.32 Å². The number of thioether (sulfide) groups is 1. The van der Waals surface area contributed by atoms with E-state index in [2.05, 4.69) is 24.4 Å². The molecule has 7 heteroatoms. The summed E-state index contributed by atoms with van der Waals surface area (Å²) in [7, 11) is 0. The molecule has 150 valence electrons. The molecule has 2 bridgehead atoms. The van der Waals surface area contributed by atoms with Crippen molar-refractivity contribution in [2.75, 3.05) is 5.75 Å². The molecule has 3 aliphatic heterocycles. The Balaban J connectivity index is 1.78. The highest BCUT2D eigenvalue weighted by Gasteiger charge is 2.49. The number of ether oxygens (including phenoxy) is 2. The van der Waals surface area contributed by atoms with E-state index in [4.69, 9.17) is 9.47 Å². The van der Waals surface area contributed by atoms with E-state index in [0.717, 1.165) is 43.0 Å². The molecule has 2 fully saturated rings. The van der Waals surface area contributed by atoms with Gasteiger partial charge in [-0.25, -0.2) is 4.79 Å². The molecular weight excluding hydrogens is 366 g/mol. The monoisotopic (exact) mass is 395 g/mol. The van der Waals surface area contributed by atoms with E-state index in [-0.39, 0.29) is 23.7 Å². The van der Waals surface area contributed by atoms with Gasteiger partial charge in [0, 0.05) is 24.7 Å². The zero-order chi connectivity index (χ0) is 19.4. The molecule has 5 atom stereocenters. The van der Waals surface area contributed by atoms with E-state index < -0.39 is 17.9 Å². The van der Waals surface area contributed by atoms with Crippen LogP contribution in [-0.2, 0) is 14.3 Å². The summed E-state index contributed by atoms with van der Waals surface area (Å²) in [5.41, 5.74) is 0.979. The lowest BCUT2D eigenvalue weighted by Gasteiger charge is -2.43.